The van der Waals surface area contributed by atoms with E-state index in [0.29, 0.717) is 19.0 Å². The van der Waals surface area contributed by atoms with Gasteiger partial charge in [0.25, 0.3) is 0 Å². The number of imidazole rings is 1. The minimum absolute atomic E-state index is 0.0335. The van der Waals surface area contributed by atoms with Crippen LogP contribution in [0.1, 0.15) is 0 Å². The number of fused-ring (bicyclic) bond motifs is 2. The zero-order valence-electron chi connectivity index (χ0n) is 17.8. The number of nitrogens with one attached hydrogen (secondary N) is 2. The Morgan fingerprint density at radius 2 is 2.09 bits per heavy atom. The Labute approximate surface area is 189 Å². The maximum absolute atomic E-state index is 9.40. The number of hydrogen-bond donors (Lipinski definition) is 3. The first-order chi connectivity index (χ1) is 16.3. The van der Waals surface area contributed by atoms with E-state index in [1.165, 1.54) is 0 Å². The summed E-state index contributed by atoms with van der Waals surface area (Å²) in [5.74, 6) is 0.682. The molecular weight excluding hydrogens is 418 g/mol. The van der Waals surface area contributed by atoms with Crippen LogP contribution in [-0.2, 0) is 4.74 Å². The first kappa shape index (κ1) is 19.7. The Bertz CT molecular complexity index is 1410. The van der Waals surface area contributed by atoms with Crippen LogP contribution in [0, 0.1) is 0 Å². The van der Waals surface area contributed by atoms with Crippen LogP contribution in [0.15, 0.2) is 67.3 Å². The van der Waals surface area contributed by atoms with Crippen molar-refractivity contribution in [2.24, 2.45) is 0 Å². The summed E-state index contributed by atoms with van der Waals surface area (Å²) in [6.45, 7) is 2.14. The molecule has 0 amide bonds. The van der Waals surface area contributed by atoms with Crippen LogP contribution in [0.3, 0.4) is 0 Å². The van der Waals surface area contributed by atoms with Crippen LogP contribution < -0.4 is 10.2 Å². The number of aromatic amines is 1. The van der Waals surface area contributed by atoms with Crippen molar-refractivity contribution in [2.75, 3.05) is 36.5 Å². The Kier molecular flexibility index (Phi) is 4.89. The van der Waals surface area contributed by atoms with E-state index in [9.17, 15) is 5.11 Å². The summed E-state index contributed by atoms with van der Waals surface area (Å²) in [5.41, 5.74) is 5.57. The molecule has 9 heteroatoms. The molecule has 3 N–H and O–H groups in total. The minimum Gasteiger partial charge on any atom is -0.394 e. The lowest BCUT2D eigenvalue weighted by Gasteiger charge is -2.33. The number of aromatic nitrogens is 5. The summed E-state index contributed by atoms with van der Waals surface area (Å²) in [5, 5.41) is 21.0. The molecule has 1 saturated heterocycles. The van der Waals surface area contributed by atoms with Crippen molar-refractivity contribution in [3.05, 3.63) is 67.3 Å². The van der Waals surface area contributed by atoms with Crippen molar-refractivity contribution < 1.29 is 9.84 Å². The first-order valence-electron chi connectivity index (χ1n) is 10.9. The van der Waals surface area contributed by atoms with Gasteiger partial charge < -0.3 is 24.5 Å². The molecule has 0 bridgehead atoms. The summed E-state index contributed by atoms with van der Waals surface area (Å²) < 4.78 is 7.53. The highest BCUT2D eigenvalue weighted by Crippen LogP contribution is 2.27. The number of nitrogens with zero attached hydrogens (tertiary/aromatic N) is 5. The number of aliphatic hydroxyl groups excluding tert-OH is 1. The molecule has 1 fully saturated rings. The van der Waals surface area contributed by atoms with E-state index in [-0.39, 0.29) is 12.7 Å². The third kappa shape index (κ3) is 3.77. The van der Waals surface area contributed by atoms with Gasteiger partial charge in [-0.1, -0.05) is 12.1 Å². The van der Waals surface area contributed by atoms with E-state index in [0.717, 1.165) is 45.7 Å². The fraction of sp³-hybridized carbons (Fsp3) is 0.208. The van der Waals surface area contributed by atoms with E-state index in [1.54, 1.807) is 6.20 Å². The predicted molar refractivity (Wildman–Crippen MR) is 127 cm³/mol. The van der Waals surface area contributed by atoms with Crippen LogP contribution in [-0.4, -0.2) is 62.1 Å². The molecule has 9 nitrogen and oxygen atoms in total. The summed E-state index contributed by atoms with van der Waals surface area (Å²) in [6.07, 6.45) is 7.33. The van der Waals surface area contributed by atoms with Crippen molar-refractivity contribution in [3.8, 4) is 11.3 Å². The molecular formula is C24H23N7O2. The van der Waals surface area contributed by atoms with Gasteiger partial charge in [0.2, 0.25) is 0 Å². The van der Waals surface area contributed by atoms with Gasteiger partial charge in [-0.3, -0.25) is 5.10 Å². The highest BCUT2D eigenvalue weighted by Gasteiger charge is 2.20. The molecule has 3 aromatic heterocycles. The number of rotatable bonds is 5. The second-order valence-electron chi connectivity index (χ2n) is 8.10. The quantitative estimate of drug-likeness (QED) is 0.385. The summed E-state index contributed by atoms with van der Waals surface area (Å²) in [4.78, 5) is 11.6. The zero-order valence-corrected chi connectivity index (χ0v) is 17.8. The van der Waals surface area contributed by atoms with Crippen molar-refractivity contribution in [1.29, 1.82) is 0 Å². The molecule has 0 aliphatic carbocycles. The van der Waals surface area contributed by atoms with Gasteiger partial charge in [-0.2, -0.15) is 5.10 Å². The van der Waals surface area contributed by atoms with Crippen molar-refractivity contribution in [1.82, 2.24) is 24.6 Å². The predicted octanol–water partition coefficient (Wildman–Crippen LogP) is 3.21. The average molecular weight is 441 g/mol. The average Bonchev–Trinajstić information content (AvgIpc) is 3.53. The van der Waals surface area contributed by atoms with Crippen molar-refractivity contribution >= 4 is 33.7 Å². The Morgan fingerprint density at radius 3 is 2.97 bits per heavy atom. The van der Waals surface area contributed by atoms with Crippen molar-refractivity contribution in [2.45, 2.75) is 6.10 Å². The zero-order chi connectivity index (χ0) is 22.2. The third-order valence-electron chi connectivity index (χ3n) is 5.95. The van der Waals surface area contributed by atoms with Gasteiger partial charge in [0.05, 0.1) is 36.7 Å². The number of benzene rings is 2. The number of hydrogen-bond acceptors (Lipinski definition) is 7. The smallest absolute Gasteiger partial charge is 0.180 e. The van der Waals surface area contributed by atoms with E-state index in [2.05, 4.69) is 37.5 Å². The van der Waals surface area contributed by atoms with E-state index < -0.39 is 0 Å². The number of anilines is 3. The molecule has 166 valence electrons. The van der Waals surface area contributed by atoms with Crippen LogP contribution >= 0.6 is 0 Å². The van der Waals surface area contributed by atoms with Crippen LogP contribution in [0.4, 0.5) is 17.2 Å². The summed E-state index contributed by atoms with van der Waals surface area (Å²) >= 11 is 0. The van der Waals surface area contributed by atoms with Gasteiger partial charge in [-0.25, -0.2) is 9.97 Å². The van der Waals surface area contributed by atoms with Crippen LogP contribution in [0.2, 0.25) is 0 Å². The Balaban J connectivity index is 1.30. The molecule has 2 aromatic carbocycles. The largest absolute Gasteiger partial charge is 0.394 e. The lowest BCUT2D eigenvalue weighted by atomic mass is 10.1. The van der Waals surface area contributed by atoms with E-state index >= 15 is 0 Å². The number of morpholine rings is 1. The van der Waals surface area contributed by atoms with Gasteiger partial charge in [-0.05, 0) is 30.3 Å². The minimum atomic E-state index is -0.141. The van der Waals surface area contributed by atoms with Crippen LogP contribution in [0.25, 0.3) is 27.8 Å². The molecule has 1 atom stereocenters. The lowest BCUT2D eigenvalue weighted by Crippen LogP contribution is -2.44. The topological polar surface area (TPSA) is 104 Å². The maximum Gasteiger partial charge on any atom is 0.180 e. The lowest BCUT2D eigenvalue weighted by molar-refractivity contribution is 0.00357. The Hall–Kier alpha value is -3.95. The summed E-state index contributed by atoms with van der Waals surface area (Å²) in [6, 6.07) is 14.3. The highest BCUT2D eigenvalue weighted by molar-refractivity contribution is 5.84. The molecule has 6 rings (SSSR count). The van der Waals surface area contributed by atoms with E-state index in [4.69, 9.17) is 9.72 Å². The first-order valence-corrected chi connectivity index (χ1v) is 10.9. The molecule has 5 aromatic rings. The fourth-order valence-electron chi connectivity index (χ4n) is 4.21. The Morgan fingerprint density at radius 1 is 1.18 bits per heavy atom. The number of H-pyrrole nitrogens is 1. The molecule has 1 aliphatic rings. The monoisotopic (exact) mass is 441 g/mol. The van der Waals surface area contributed by atoms with Gasteiger partial charge in [0.15, 0.2) is 11.5 Å². The fourth-order valence-corrected chi connectivity index (χ4v) is 4.21. The molecule has 1 aliphatic heterocycles. The maximum atomic E-state index is 9.40. The van der Waals surface area contributed by atoms with Gasteiger partial charge >= 0.3 is 0 Å². The molecule has 0 saturated carbocycles. The second kappa shape index (κ2) is 8.19. The molecule has 0 radical (unpaired) electrons. The van der Waals surface area contributed by atoms with Crippen molar-refractivity contribution in [3.63, 3.8) is 0 Å². The highest BCUT2D eigenvalue weighted by atomic mass is 16.5. The molecule has 1 unspecified atom stereocenters. The second-order valence-corrected chi connectivity index (χ2v) is 8.10. The summed E-state index contributed by atoms with van der Waals surface area (Å²) in [7, 11) is 0. The van der Waals surface area contributed by atoms with E-state index in [1.807, 2.05) is 53.3 Å². The third-order valence-corrected chi connectivity index (χ3v) is 5.95. The SMILES string of the molecule is OCC1CN(c2ccc(Nc3nc(-c4ccc5cn[nH]c5c4)cn4ccnc34)cc2)CCO1. The van der Waals surface area contributed by atoms with Crippen LogP contribution in [0.5, 0.6) is 0 Å². The number of ether oxygens (including phenoxy) is 1. The van der Waals surface area contributed by atoms with Gasteiger partial charge in [0.1, 0.15) is 0 Å². The molecule has 33 heavy (non-hydrogen) atoms. The normalized spacial score (nSPS) is 16.5. The standard InChI is InChI=1S/C24H23N7O2/c32-15-20-13-30(9-10-33-20)19-5-3-18(4-6-19)27-23-24-25-7-8-31(24)14-22(28-23)16-1-2-17-12-26-29-21(17)11-16/h1-8,11-12,14,20,32H,9-10,13,15H2,(H,26,29)(H,27,28). The molecule has 0 spiro atoms. The number of aliphatic hydroxyl groups is 1. The van der Waals surface area contributed by atoms with Gasteiger partial charge in [-0.15, -0.1) is 0 Å². The molecule has 4 heterocycles. The van der Waals surface area contributed by atoms with Gasteiger partial charge in [0, 0.05) is 54.0 Å².